The Morgan fingerprint density at radius 2 is 1.71 bits per heavy atom. The van der Waals surface area contributed by atoms with E-state index in [-0.39, 0.29) is 5.91 Å². The van der Waals surface area contributed by atoms with Gasteiger partial charge in [-0.05, 0) is 12.8 Å². The Morgan fingerprint density at radius 3 is 2.35 bits per heavy atom. The van der Waals surface area contributed by atoms with Gasteiger partial charge in [-0.2, -0.15) is 5.48 Å². The van der Waals surface area contributed by atoms with Gasteiger partial charge in [-0.3, -0.25) is 4.79 Å². The van der Waals surface area contributed by atoms with Crippen molar-refractivity contribution in [3.63, 3.8) is 0 Å². The van der Waals surface area contributed by atoms with Crippen molar-refractivity contribution in [2.75, 3.05) is 13.1 Å². The molecule has 0 saturated heterocycles. The highest BCUT2D eigenvalue weighted by Crippen LogP contribution is 1.85. The summed E-state index contributed by atoms with van der Waals surface area (Å²) < 4.78 is 0. The summed E-state index contributed by atoms with van der Waals surface area (Å²) >= 11 is 0. The van der Waals surface area contributed by atoms with E-state index in [1.807, 2.05) is 13.8 Å². The topological polar surface area (TPSA) is 67.4 Å². The predicted molar refractivity (Wildman–Crippen MR) is 66.1 cm³/mol. The van der Waals surface area contributed by atoms with Crippen molar-refractivity contribution in [3.8, 4) is 0 Å². The molecule has 0 aromatic heterocycles. The molecule has 0 heterocycles. The first-order valence-corrected chi connectivity index (χ1v) is 6.10. The molecule has 0 fully saturated rings. The van der Waals surface area contributed by atoms with Crippen LogP contribution in [0.1, 0.15) is 39.5 Å². The maximum Gasteiger partial charge on any atom is 0.349 e. The number of carbonyl (C=O) groups is 2. The third kappa shape index (κ3) is 10.9. The minimum absolute atomic E-state index is 0.274. The highest BCUT2D eigenvalue weighted by atomic mass is 16.7. The van der Waals surface area contributed by atoms with Crippen molar-refractivity contribution in [3.05, 3.63) is 12.2 Å². The molecular weight excluding hydrogens is 220 g/mol. The van der Waals surface area contributed by atoms with E-state index in [1.54, 1.807) is 0 Å². The highest BCUT2D eigenvalue weighted by molar-refractivity contribution is 5.94. The highest BCUT2D eigenvalue weighted by Gasteiger charge is 1.98. The Hall–Kier alpha value is -1.36. The number of hydrogen-bond donors (Lipinski definition) is 2. The summed E-state index contributed by atoms with van der Waals surface area (Å²) in [5, 5.41) is 2.66. The van der Waals surface area contributed by atoms with Gasteiger partial charge >= 0.3 is 5.97 Å². The van der Waals surface area contributed by atoms with E-state index < -0.39 is 5.97 Å². The van der Waals surface area contributed by atoms with Crippen molar-refractivity contribution in [1.82, 2.24) is 10.8 Å². The van der Waals surface area contributed by atoms with Crippen LogP contribution >= 0.6 is 0 Å². The van der Waals surface area contributed by atoms with Gasteiger partial charge in [-0.15, -0.1) is 0 Å². The molecule has 0 rings (SSSR count). The van der Waals surface area contributed by atoms with Gasteiger partial charge in [0.1, 0.15) is 0 Å². The Morgan fingerprint density at radius 1 is 1.06 bits per heavy atom. The third-order valence-electron chi connectivity index (χ3n) is 2.01. The summed E-state index contributed by atoms with van der Waals surface area (Å²) in [6, 6.07) is 0. The zero-order valence-electron chi connectivity index (χ0n) is 10.6. The molecule has 0 bridgehead atoms. The second-order valence-corrected chi connectivity index (χ2v) is 3.65. The molecule has 2 N–H and O–H groups in total. The summed E-state index contributed by atoms with van der Waals surface area (Å²) in [6.45, 7) is 5.34. The first kappa shape index (κ1) is 15.6. The van der Waals surface area contributed by atoms with Gasteiger partial charge in [0.05, 0.1) is 0 Å². The minimum Gasteiger partial charge on any atom is -0.367 e. The molecule has 17 heavy (non-hydrogen) atoms. The van der Waals surface area contributed by atoms with Gasteiger partial charge < -0.3 is 10.2 Å². The Balaban J connectivity index is 3.60. The zero-order chi connectivity index (χ0) is 12.9. The molecule has 0 aliphatic rings. The maximum atomic E-state index is 11.2. The summed E-state index contributed by atoms with van der Waals surface area (Å²) in [7, 11) is 0. The number of amides is 1. The lowest BCUT2D eigenvalue weighted by Gasteiger charge is -2.02. The van der Waals surface area contributed by atoms with E-state index in [0.29, 0.717) is 13.1 Å². The molecule has 5 heteroatoms. The van der Waals surface area contributed by atoms with Gasteiger partial charge in [-0.25, -0.2) is 4.79 Å². The SMILES string of the molecule is CCCCNOC(=O)/C=C\C(=O)NCCCC. The van der Waals surface area contributed by atoms with Crippen LogP contribution in [0.3, 0.4) is 0 Å². The first-order chi connectivity index (χ1) is 8.20. The van der Waals surface area contributed by atoms with Crippen molar-refractivity contribution in [1.29, 1.82) is 0 Å². The summed E-state index contributed by atoms with van der Waals surface area (Å²) in [4.78, 5) is 26.9. The maximum absolute atomic E-state index is 11.2. The smallest absolute Gasteiger partial charge is 0.349 e. The number of hydroxylamine groups is 1. The van der Waals surface area contributed by atoms with Gasteiger partial charge in [0.2, 0.25) is 5.91 Å². The molecule has 1 amide bonds. The molecule has 0 aliphatic heterocycles. The van der Waals surface area contributed by atoms with Crippen LogP contribution in [0.2, 0.25) is 0 Å². The average Bonchev–Trinajstić information content (AvgIpc) is 2.32. The predicted octanol–water partition coefficient (Wildman–Crippen LogP) is 1.31. The number of carbonyl (C=O) groups excluding carboxylic acids is 2. The van der Waals surface area contributed by atoms with Crippen LogP contribution in [0.25, 0.3) is 0 Å². The van der Waals surface area contributed by atoms with E-state index in [0.717, 1.165) is 31.8 Å². The number of unbranched alkanes of at least 4 members (excludes halogenated alkanes) is 2. The molecular formula is C12H22N2O3. The van der Waals surface area contributed by atoms with Crippen molar-refractivity contribution in [2.45, 2.75) is 39.5 Å². The Kier molecular flexibility index (Phi) is 10.2. The van der Waals surface area contributed by atoms with E-state index in [9.17, 15) is 9.59 Å². The van der Waals surface area contributed by atoms with E-state index in [4.69, 9.17) is 0 Å². The summed E-state index contributed by atoms with van der Waals surface area (Å²) in [6.07, 6.45) is 6.21. The Bertz CT molecular complexity index is 252. The summed E-state index contributed by atoms with van der Waals surface area (Å²) in [5.41, 5.74) is 2.53. The molecule has 0 saturated carbocycles. The zero-order valence-corrected chi connectivity index (χ0v) is 10.6. The fourth-order valence-electron chi connectivity index (χ4n) is 0.996. The van der Waals surface area contributed by atoms with Crippen LogP contribution in [-0.2, 0) is 14.4 Å². The summed E-state index contributed by atoms with van der Waals surface area (Å²) in [5.74, 6) is -0.837. The second-order valence-electron chi connectivity index (χ2n) is 3.65. The normalized spacial score (nSPS) is 10.5. The van der Waals surface area contributed by atoms with Crippen molar-refractivity contribution < 1.29 is 14.4 Å². The molecule has 0 radical (unpaired) electrons. The molecule has 5 nitrogen and oxygen atoms in total. The Labute approximate surface area is 103 Å². The van der Waals surface area contributed by atoms with Gasteiger partial charge in [0, 0.05) is 25.2 Å². The van der Waals surface area contributed by atoms with Gasteiger partial charge in [0.25, 0.3) is 0 Å². The minimum atomic E-state index is -0.563. The first-order valence-electron chi connectivity index (χ1n) is 6.10. The second kappa shape index (κ2) is 11.1. The largest absolute Gasteiger partial charge is 0.367 e. The van der Waals surface area contributed by atoms with Gasteiger partial charge in [0.15, 0.2) is 0 Å². The molecule has 0 unspecified atom stereocenters. The lowest BCUT2D eigenvalue weighted by molar-refractivity contribution is -0.145. The molecule has 0 aromatic carbocycles. The standard InChI is InChI=1S/C12H22N2O3/c1-3-5-9-13-11(15)7-8-12(16)17-14-10-6-4-2/h7-8,14H,3-6,9-10H2,1-2H3,(H,13,15)/b8-7-. The number of hydrogen-bond acceptors (Lipinski definition) is 4. The van der Waals surface area contributed by atoms with Crippen LogP contribution < -0.4 is 10.8 Å². The molecule has 0 aromatic rings. The van der Waals surface area contributed by atoms with E-state index >= 15 is 0 Å². The molecule has 0 aliphatic carbocycles. The fraction of sp³-hybridized carbons (Fsp3) is 0.667. The number of nitrogens with one attached hydrogen (secondary N) is 2. The van der Waals surface area contributed by atoms with Crippen LogP contribution in [0, 0.1) is 0 Å². The van der Waals surface area contributed by atoms with Crippen molar-refractivity contribution >= 4 is 11.9 Å². The molecule has 0 atom stereocenters. The van der Waals surface area contributed by atoms with E-state index in [2.05, 4.69) is 15.6 Å². The van der Waals surface area contributed by atoms with Crippen LogP contribution in [-0.4, -0.2) is 25.0 Å². The van der Waals surface area contributed by atoms with E-state index in [1.165, 1.54) is 6.08 Å². The third-order valence-corrected chi connectivity index (χ3v) is 2.01. The lowest BCUT2D eigenvalue weighted by Crippen LogP contribution is -2.23. The average molecular weight is 242 g/mol. The van der Waals surface area contributed by atoms with Gasteiger partial charge in [-0.1, -0.05) is 26.7 Å². The monoisotopic (exact) mass is 242 g/mol. The molecule has 0 spiro atoms. The lowest BCUT2D eigenvalue weighted by atomic mass is 10.3. The fourth-order valence-corrected chi connectivity index (χ4v) is 0.996. The van der Waals surface area contributed by atoms with Crippen LogP contribution in [0.5, 0.6) is 0 Å². The van der Waals surface area contributed by atoms with Crippen LogP contribution in [0.15, 0.2) is 12.2 Å². The van der Waals surface area contributed by atoms with Crippen LogP contribution in [0.4, 0.5) is 0 Å². The molecule has 98 valence electrons. The number of rotatable bonds is 9. The van der Waals surface area contributed by atoms with Crippen molar-refractivity contribution in [2.24, 2.45) is 0 Å². The quantitative estimate of drug-likeness (QED) is 0.363.